The highest BCUT2D eigenvalue weighted by Crippen LogP contribution is 2.48. The van der Waals surface area contributed by atoms with E-state index in [2.05, 4.69) is 111 Å². The van der Waals surface area contributed by atoms with E-state index in [1.165, 1.54) is 22.2 Å². The second-order valence-corrected chi connectivity index (χ2v) is 10.9. The molecule has 1 aliphatic rings. The van der Waals surface area contributed by atoms with E-state index in [9.17, 15) is 0 Å². The predicted molar refractivity (Wildman–Crippen MR) is 159 cm³/mol. The molecule has 0 spiro atoms. The lowest BCUT2D eigenvalue weighted by atomic mass is 9.58. The maximum absolute atomic E-state index is 8.11. The molecular weight excluding hydrogens is 449 g/mol. The Morgan fingerprint density at radius 1 is 0.757 bits per heavy atom. The van der Waals surface area contributed by atoms with Gasteiger partial charge >= 0.3 is 6.98 Å². The number of nitrogens with zero attached hydrogens (tertiary/aromatic N) is 3. The van der Waals surface area contributed by atoms with Crippen LogP contribution in [0.3, 0.4) is 0 Å². The van der Waals surface area contributed by atoms with Gasteiger partial charge in [-0.25, -0.2) is 4.57 Å². The summed E-state index contributed by atoms with van der Waals surface area (Å²) in [6.07, 6.45) is 1.79. The zero-order valence-corrected chi connectivity index (χ0v) is 23.1. The highest BCUT2D eigenvalue weighted by Gasteiger charge is 2.53. The molecule has 4 heteroatoms. The molecule has 0 unspecified atom stereocenters. The molecule has 0 fully saturated rings. The van der Waals surface area contributed by atoms with Crippen molar-refractivity contribution >= 4 is 35.3 Å². The van der Waals surface area contributed by atoms with Gasteiger partial charge in [0, 0.05) is 21.3 Å². The first-order valence-electron chi connectivity index (χ1n) is 14.8. The maximum atomic E-state index is 8.11. The second kappa shape index (κ2) is 9.74. The van der Waals surface area contributed by atoms with Crippen molar-refractivity contribution < 1.29 is 8.68 Å². The van der Waals surface area contributed by atoms with Gasteiger partial charge in [0.25, 0.3) is 5.82 Å². The zero-order valence-electron chi connectivity index (χ0n) is 26.1. The molecule has 0 saturated heterocycles. The summed E-state index contributed by atoms with van der Waals surface area (Å²) in [6.45, 7) is 10.8. The molecule has 0 saturated carbocycles. The molecule has 0 radical (unpaired) electrons. The molecule has 0 N–H and O–H groups in total. The Kier molecular flexibility index (Phi) is 5.67. The van der Waals surface area contributed by atoms with Crippen molar-refractivity contribution in [3.63, 3.8) is 0 Å². The number of aryl methyl sites for hydroxylation is 4. The van der Waals surface area contributed by atoms with E-state index in [0.717, 1.165) is 28.4 Å². The summed E-state index contributed by atoms with van der Waals surface area (Å²) >= 11 is 0. The standard InChI is InChI=1S/C33H39BN3/c1-22(2)28-17-13-18-29(23(3)4)32(28)34-36(27-15-10-9-11-16-27)30-19-12-14-24(5)33(30)37(34)31-20-25(6)26(7)21-35(31)8/h9-23H,1-8H3/q+1/i7D3. The van der Waals surface area contributed by atoms with E-state index in [1.54, 1.807) is 6.20 Å². The number of benzene rings is 3. The molecule has 2 heterocycles. The van der Waals surface area contributed by atoms with Crippen molar-refractivity contribution in [2.24, 2.45) is 7.05 Å². The van der Waals surface area contributed by atoms with E-state index < -0.39 is 6.85 Å². The first kappa shape index (κ1) is 21.5. The number of para-hydroxylation sites is 2. The summed E-state index contributed by atoms with van der Waals surface area (Å²) < 4.78 is 26.3. The summed E-state index contributed by atoms with van der Waals surface area (Å²) in [5.74, 6) is 1.61. The van der Waals surface area contributed by atoms with Gasteiger partial charge < -0.3 is 4.81 Å². The molecule has 37 heavy (non-hydrogen) atoms. The van der Waals surface area contributed by atoms with Crippen molar-refractivity contribution in [2.75, 3.05) is 9.62 Å². The highest BCUT2D eigenvalue weighted by atomic mass is 15.3. The highest BCUT2D eigenvalue weighted by molar-refractivity contribution is 6.85. The minimum absolute atomic E-state index is 0.168. The van der Waals surface area contributed by atoms with Gasteiger partial charge in [-0.15, -0.1) is 0 Å². The van der Waals surface area contributed by atoms with Gasteiger partial charge in [0.1, 0.15) is 5.69 Å². The van der Waals surface area contributed by atoms with Crippen LogP contribution in [-0.2, 0) is 7.05 Å². The predicted octanol–water partition coefficient (Wildman–Crippen LogP) is 7.37. The summed E-state index contributed by atoms with van der Waals surface area (Å²) in [7, 11) is 1.96. The second-order valence-electron chi connectivity index (χ2n) is 10.9. The van der Waals surface area contributed by atoms with Crippen molar-refractivity contribution in [2.45, 2.75) is 60.2 Å². The van der Waals surface area contributed by atoms with Crippen LogP contribution in [0.4, 0.5) is 22.9 Å². The summed E-state index contributed by atoms with van der Waals surface area (Å²) in [5.41, 5.74) is 9.68. The van der Waals surface area contributed by atoms with Gasteiger partial charge in [0.15, 0.2) is 0 Å². The number of rotatable bonds is 5. The van der Waals surface area contributed by atoms with Crippen molar-refractivity contribution in [3.8, 4) is 0 Å². The Morgan fingerprint density at radius 3 is 2.03 bits per heavy atom. The summed E-state index contributed by atoms with van der Waals surface area (Å²) in [5, 5.41) is 0. The smallest absolute Gasteiger partial charge is 0.336 e. The third-order valence-corrected chi connectivity index (χ3v) is 7.62. The number of anilines is 4. The van der Waals surface area contributed by atoms with Crippen molar-refractivity contribution in [3.05, 3.63) is 107 Å². The molecule has 0 atom stereocenters. The average Bonchev–Trinajstić information content (AvgIpc) is 3.25. The molecule has 0 aliphatic carbocycles. The third-order valence-electron chi connectivity index (χ3n) is 7.62. The molecule has 4 aromatic rings. The minimum atomic E-state index is -2.18. The average molecular weight is 492 g/mol. The van der Waals surface area contributed by atoms with Crippen LogP contribution >= 0.6 is 0 Å². The molecule has 0 bridgehead atoms. The van der Waals surface area contributed by atoms with Crippen LogP contribution in [0.2, 0.25) is 0 Å². The molecule has 3 nitrogen and oxygen atoms in total. The van der Waals surface area contributed by atoms with Crippen LogP contribution in [0.15, 0.2) is 79.0 Å². The number of hydrogen-bond acceptors (Lipinski definition) is 2. The maximum Gasteiger partial charge on any atom is 0.543 e. The molecule has 188 valence electrons. The van der Waals surface area contributed by atoms with Gasteiger partial charge in [-0.3, -0.25) is 4.81 Å². The Hall–Kier alpha value is -3.53. The fourth-order valence-corrected chi connectivity index (χ4v) is 5.77. The molecule has 1 aromatic heterocycles. The van der Waals surface area contributed by atoms with Gasteiger partial charge in [0.05, 0.1) is 18.9 Å². The number of fused-ring (bicyclic) bond motifs is 1. The quantitative estimate of drug-likeness (QED) is 0.213. The van der Waals surface area contributed by atoms with Crippen LogP contribution in [0.1, 0.15) is 71.5 Å². The first-order valence-corrected chi connectivity index (χ1v) is 13.3. The van der Waals surface area contributed by atoms with E-state index in [1.807, 2.05) is 24.6 Å². The fourth-order valence-electron chi connectivity index (χ4n) is 5.77. The van der Waals surface area contributed by atoms with Crippen LogP contribution in [0, 0.1) is 20.7 Å². The fraction of sp³-hybridized carbons (Fsp3) is 0.303. The van der Waals surface area contributed by atoms with Crippen molar-refractivity contribution in [1.82, 2.24) is 0 Å². The largest absolute Gasteiger partial charge is 0.543 e. The van der Waals surface area contributed by atoms with Crippen LogP contribution < -0.4 is 19.7 Å². The Labute approximate surface area is 227 Å². The molecule has 5 rings (SSSR count). The Bertz CT molecular complexity index is 1520. The van der Waals surface area contributed by atoms with E-state index in [0.29, 0.717) is 17.4 Å². The van der Waals surface area contributed by atoms with Gasteiger partial charge in [-0.2, -0.15) is 0 Å². The molecular formula is C33H39BN3+. The monoisotopic (exact) mass is 491 g/mol. The topological polar surface area (TPSA) is 10.4 Å². The van der Waals surface area contributed by atoms with Gasteiger partial charge in [-0.1, -0.05) is 76.2 Å². The SMILES string of the molecule is [2H]C([2H])([2H])c1c[n+](C)c(N2B(c3c(C(C)C)cccc3C(C)C)N(c3ccccc3)c3cccc(C)c32)cc1C. The van der Waals surface area contributed by atoms with Crippen LogP contribution in [0.5, 0.6) is 0 Å². The lowest BCUT2D eigenvalue weighted by Crippen LogP contribution is -2.58. The van der Waals surface area contributed by atoms with Crippen LogP contribution in [0.25, 0.3) is 0 Å². The molecule has 3 aromatic carbocycles. The lowest BCUT2D eigenvalue weighted by molar-refractivity contribution is -0.658. The molecule has 1 aliphatic heterocycles. The first-order chi connectivity index (χ1) is 18.9. The zero-order chi connectivity index (χ0) is 28.9. The third kappa shape index (κ3) is 4.23. The minimum Gasteiger partial charge on any atom is -0.336 e. The van der Waals surface area contributed by atoms with E-state index in [4.69, 9.17) is 4.11 Å². The Morgan fingerprint density at radius 2 is 1.41 bits per heavy atom. The van der Waals surface area contributed by atoms with Gasteiger partial charge in [-0.05, 0) is 78.6 Å². The summed E-state index contributed by atoms with van der Waals surface area (Å²) in [4.78, 5) is 4.89. The number of hydrogen-bond donors (Lipinski definition) is 0. The molecule has 0 amide bonds. The van der Waals surface area contributed by atoms with Crippen molar-refractivity contribution in [1.29, 1.82) is 0 Å². The summed E-state index contributed by atoms with van der Waals surface area (Å²) in [6, 6.07) is 25.9. The van der Waals surface area contributed by atoms with E-state index in [-0.39, 0.29) is 6.98 Å². The normalized spacial score (nSPS) is 14.7. The lowest BCUT2D eigenvalue weighted by Gasteiger charge is -2.30. The number of aromatic nitrogens is 1. The number of pyridine rings is 1. The van der Waals surface area contributed by atoms with E-state index >= 15 is 0 Å². The Balaban J connectivity index is 1.90. The van der Waals surface area contributed by atoms with Crippen LogP contribution in [-0.4, -0.2) is 6.98 Å². The van der Waals surface area contributed by atoms with Gasteiger partial charge in [0.2, 0.25) is 0 Å².